The normalized spacial score (nSPS) is 10.1. The van der Waals surface area contributed by atoms with Gasteiger partial charge < -0.3 is 0 Å². The van der Waals surface area contributed by atoms with Crippen LogP contribution in [0.15, 0.2) is 24.3 Å². The van der Waals surface area contributed by atoms with Gasteiger partial charge in [-0.1, -0.05) is 23.2 Å². The van der Waals surface area contributed by atoms with Gasteiger partial charge in [0.25, 0.3) is 0 Å². The smallest absolute Gasteiger partial charge is 0.159 e. The van der Waals surface area contributed by atoms with E-state index in [1.54, 1.807) is 0 Å². The summed E-state index contributed by atoms with van der Waals surface area (Å²) in [4.78, 5) is 9.24. The van der Waals surface area contributed by atoms with Gasteiger partial charge in [-0.05, 0) is 32.9 Å². The molecule has 0 atom stereocenters. The van der Waals surface area contributed by atoms with Crippen molar-refractivity contribution in [3.8, 4) is 11.4 Å². The Bertz CT molecular complexity index is 982. The molecule has 1 heterocycles. The highest BCUT2D eigenvalue weighted by Gasteiger charge is 2.49. The van der Waals surface area contributed by atoms with Crippen LogP contribution in [0.1, 0.15) is 17.0 Å². The fraction of sp³-hybridized carbons (Fsp3) is 0.231. The quantitative estimate of drug-likeness (QED) is 0.311. The third-order valence-electron chi connectivity index (χ3n) is 6.89. The van der Waals surface area contributed by atoms with E-state index in [0.29, 0.717) is 5.82 Å². The Kier molecular flexibility index (Phi) is 12.8. The van der Waals surface area contributed by atoms with Crippen molar-refractivity contribution in [3.63, 3.8) is 0 Å². The van der Waals surface area contributed by atoms with Crippen molar-refractivity contribution in [2.24, 2.45) is 0 Å². The van der Waals surface area contributed by atoms with Crippen molar-refractivity contribution in [1.82, 2.24) is 9.97 Å². The van der Waals surface area contributed by atoms with E-state index in [1.807, 2.05) is 45.0 Å². The Hall–Kier alpha value is -0.271. The van der Waals surface area contributed by atoms with Crippen molar-refractivity contribution in [2.45, 2.75) is 20.8 Å². The second-order valence-electron chi connectivity index (χ2n) is 10.0. The molecule has 0 unspecified atom stereocenters. The topological polar surface area (TPSA) is 25.8 Å². The minimum absolute atomic E-state index is 0.559. The Morgan fingerprint density at radius 2 is 1.08 bits per heavy atom. The highest BCUT2D eigenvalue weighted by Crippen LogP contribution is 2.19. The zero-order valence-electron chi connectivity index (χ0n) is 21.9. The average Bonchev–Trinajstić information content (AvgIpc) is 2.74. The first-order chi connectivity index (χ1) is 17.2. The molecule has 0 aliphatic carbocycles. The molecule has 2 rings (SSSR count). The Balaban J connectivity index is 2.93. The maximum absolute atomic E-state index is 6.27. The zero-order valence-corrected chi connectivity index (χ0v) is 21.9. The van der Waals surface area contributed by atoms with E-state index >= 15 is 0 Å². The average molecular weight is 435 g/mol. The Morgan fingerprint density at radius 1 is 0.595 bits per heavy atom. The van der Waals surface area contributed by atoms with E-state index in [2.05, 4.69) is 9.97 Å². The lowest BCUT2D eigenvalue weighted by molar-refractivity contribution is 1.06. The van der Waals surface area contributed by atoms with Gasteiger partial charge in [-0.2, -0.15) is 0 Å². The van der Waals surface area contributed by atoms with E-state index in [4.69, 9.17) is 85.1 Å². The molecule has 1 aromatic carbocycles. The van der Waals surface area contributed by atoms with Gasteiger partial charge in [0.1, 0.15) is 0 Å². The van der Waals surface area contributed by atoms with Crippen LogP contribution in [-0.2, 0) is 0 Å². The van der Waals surface area contributed by atoms with Gasteiger partial charge in [0.15, 0.2) is 5.82 Å². The number of aromatic nitrogens is 2. The lowest BCUT2D eigenvalue weighted by Gasteiger charge is -2.45. The van der Waals surface area contributed by atoms with Crippen LogP contribution in [-0.4, -0.2) is 166 Å². The minimum Gasteiger partial charge on any atom is -0.233 e. The Morgan fingerprint density at radius 3 is 1.49 bits per heavy atom. The summed E-state index contributed by atoms with van der Waals surface area (Å²) in [6.45, 7) is 5.16. The van der Waals surface area contributed by atoms with Gasteiger partial charge in [-0.15, -0.1) is 0 Å². The van der Waals surface area contributed by atoms with Crippen LogP contribution in [0.2, 0.25) is 0 Å². The van der Waals surface area contributed by atoms with Crippen LogP contribution < -0.4 is 5.46 Å². The largest absolute Gasteiger partial charge is 0.233 e. The summed E-state index contributed by atoms with van der Waals surface area (Å²) in [5.74, 6) is 0.559. The van der Waals surface area contributed by atoms with Crippen molar-refractivity contribution in [2.75, 3.05) is 0 Å². The van der Waals surface area contributed by atoms with Crippen molar-refractivity contribution in [3.05, 3.63) is 41.2 Å². The molecule has 0 aliphatic heterocycles. The fourth-order valence-corrected chi connectivity index (χ4v) is 5.44. The molecule has 0 bridgehead atoms. The molecule has 2 nitrogen and oxygen atoms in total. The zero-order chi connectivity index (χ0) is 28.2. The molecule has 0 amide bonds. The molecular weight excluding hydrogens is 422 g/mol. The van der Waals surface area contributed by atoms with E-state index in [-0.39, 0.29) is 0 Å². The molecule has 24 heteroatoms. The second-order valence-corrected chi connectivity index (χ2v) is 10.0. The SMILES string of the molecule is [B][B]B(B([B])[B])B(B(B([B])[B])B([B])[B])B(B(B([B])[B])B([B])[B])c1cc(C)cc(-c2nc(C)cc(C)n2)c1. The Labute approximate surface area is 244 Å². The van der Waals surface area contributed by atoms with Crippen LogP contribution in [0.3, 0.4) is 0 Å². The van der Waals surface area contributed by atoms with Gasteiger partial charge in [-0.3, -0.25) is 0 Å². The van der Waals surface area contributed by atoms with Gasteiger partial charge in [0, 0.05) is 167 Å². The highest BCUT2D eigenvalue weighted by molar-refractivity contribution is 8.18. The molecule has 141 valence electrons. The molecule has 0 spiro atoms. The molecule has 1 aromatic heterocycles. The number of benzene rings is 1. The summed E-state index contributed by atoms with van der Waals surface area (Å²) < 4.78 is 0. The lowest BCUT2D eigenvalue weighted by atomic mass is 8.39. The molecule has 0 saturated heterocycles. The molecule has 37 heavy (non-hydrogen) atoms. The second kappa shape index (κ2) is 14.4. The first kappa shape index (κ1) is 32.9. The van der Waals surface area contributed by atoms with E-state index in [9.17, 15) is 0 Å². The van der Waals surface area contributed by atoms with Crippen molar-refractivity contribution in [1.29, 1.82) is 0 Å². The van der Waals surface area contributed by atoms with Crippen LogP contribution in [0, 0.1) is 20.8 Å². The summed E-state index contributed by atoms with van der Waals surface area (Å²) in [5, 5.41) is 0. The molecule has 0 saturated carbocycles. The summed E-state index contributed by atoms with van der Waals surface area (Å²) in [6, 6.07) is 7.79. The molecule has 0 aliphatic rings. The van der Waals surface area contributed by atoms with Crippen LogP contribution in [0.4, 0.5) is 0 Å². The van der Waals surface area contributed by atoms with Gasteiger partial charge in [0.2, 0.25) is 0 Å². The molecule has 0 N–H and O–H groups in total. The van der Waals surface area contributed by atoms with E-state index in [0.717, 1.165) is 28.0 Å². The summed E-state index contributed by atoms with van der Waals surface area (Å²) >= 11 is 0. The van der Waals surface area contributed by atoms with Crippen LogP contribution in [0.5, 0.6) is 0 Å². The molecule has 2 aromatic rings. The van der Waals surface area contributed by atoms with Crippen molar-refractivity contribution >= 4 is 162 Å². The summed E-state index contributed by atoms with van der Waals surface area (Å²) in [5.41, 5.74) is 4.14. The maximum Gasteiger partial charge on any atom is 0.159 e. The molecule has 23 radical (unpaired) electrons. The number of nitrogens with zero attached hydrogens (tertiary/aromatic N) is 2. The third kappa shape index (κ3) is 8.36. The lowest BCUT2D eigenvalue weighted by Crippen LogP contribution is -2.84. The number of hydrogen-bond acceptors (Lipinski definition) is 2. The highest BCUT2D eigenvalue weighted by atomic mass is 14.9. The predicted octanol–water partition coefficient (Wildman–Crippen LogP) is -6.13. The molecule has 0 fully saturated rings. The third-order valence-corrected chi connectivity index (χ3v) is 6.89. The van der Waals surface area contributed by atoms with Crippen molar-refractivity contribution < 1.29 is 0 Å². The van der Waals surface area contributed by atoms with Gasteiger partial charge in [-0.25, -0.2) is 9.97 Å². The fourth-order valence-electron chi connectivity index (χ4n) is 5.44. The summed E-state index contributed by atoms with van der Waals surface area (Å²) in [7, 11) is 69.8. The van der Waals surface area contributed by atoms with Gasteiger partial charge in [0.05, 0.1) is 6.49 Å². The molecular formula is C13H13B22N2. The van der Waals surface area contributed by atoms with Gasteiger partial charge >= 0.3 is 0 Å². The first-order valence-corrected chi connectivity index (χ1v) is 12.2. The standard InChI is InChI=1S/C13H13B22N2/c1-8-4-11(13-36-9(2)6-10(3)37-13)7-12(5-8)26(33(28(17)18)29(19)20)34(32(25-14)27(15)16)35(30(21)22)31(23)24/h4-7H,1-3H3. The van der Waals surface area contributed by atoms with E-state index in [1.165, 1.54) is 7.06 Å². The summed E-state index contributed by atoms with van der Waals surface area (Å²) in [6.07, 6.45) is -7.39. The monoisotopic (exact) mass is 439 g/mol. The van der Waals surface area contributed by atoms with E-state index < -0.39 is 64.0 Å². The number of aryl methyl sites for hydroxylation is 3. The van der Waals surface area contributed by atoms with Crippen LogP contribution >= 0.6 is 0 Å². The maximum atomic E-state index is 6.27. The minimum atomic E-state index is -0.954. The van der Waals surface area contributed by atoms with Crippen LogP contribution in [0.25, 0.3) is 11.4 Å². The number of rotatable bonds is 12. The first-order valence-electron chi connectivity index (χ1n) is 12.2. The number of hydrogen-bond donors (Lipinski definition) is 0. The predicted molar refractivity (Wildman–Crippen MR) is 188 cm³/mol.